The van der Waals surface area contributed by atoms with Crippen molar-refractivity contribution < 1.29 is 4.52 Å². The first kappa shape index (κ1) is 9.21. The Balaban J connectivity index is 2.47. The molecule has 0 spiro atoms. The van der Waals surface area contributed by atoms with Crippen LogP contribution in [-0.4, -0.2) is 10.1 Å². The van der Waals surface area contributed by atoms with Gasteiger partial charge in [-0.25, -0.2) is 0 Å². The molecule has 72 valence electrons. The maximum atomic E-state index is 5.57. The zero-order chi connectivity index (χ0) is 10.1. The third-order valence-electron chi connectivity index (χ3n) is 2.16. The summed E-state index contributed by atoms with van der Waals surface area (Å²) < 4.78 is 4.95. The highest BCUT2D eigenvalue weighted by molar-refractivity contribution is 6.28. The quantitative estimate of drug-likeness (QED) is 0.723. The number of nitrogens with zero attached hydrogens (tertiary/aromatic N) is 2. The predicted octanol–water partition coefficient (Wildman–Crippen LogP) is 3.01. The SMILES string of the molecule is Cc1ccc(-c2nc(Cl)no2)cc1C. The van der Waals surface area contributed by atoms with E-state index in [4.69, 9.17) is 16.1 Å². The second kappa shape index (κ2) is 3.42. The van der Waals surface area contributed by atoms with Crippen LogP contribution in [0.25, 0.3) is 11.5 Å². The van der Waals surface area contributed by atoms with E-state index in [0.717, 1.165) is 5.56 Å². The second-order valence-electron chi connectivity index (χ2n) is 3.17. The van der Waals surface area contributed by atoms with Crippen LogP contribution in [0.15, 0.2) is 22.7 Å². The number of hydrogen-bond acceptors (Lipinski definition) is 3. The minimum absolute atomic E-state index is 0.137. The number of benzene rings is 1. The molecule has 0 aliphatic carbocycles. The lowest BCUT2D eigenvalue weighted by atomic mass is 10.1. The first-order valence-corrected chi connectivity index (χ1v) is 4.61. The van der Waals surface area contributed by atoms with Gasteiger partial charge in [0.05, 0.1) is 0 Å². The molecule has 0 amide bonds. The average Bonchev–Trinajstić information content (AvgIpc) is 2.57. The molecule has 0 radical (unpaired) electrons. The molecule has 14 heavy (non-hydrogen) atoms. The van der Waals surface area contributed by atoms with E-state index in [-0.39, 0.29) is 5.28 Å². The van der Waals surface area contributed by atoms with Crippen molar-refractivity contribution in [1.29, 1.82) is 0 Å². The number of halogens is 1. The standard InChI is InChI=1S/C10H9ClN2O/c1-6-3-4-8(5-7(6)2)9-12-10(11)13-14-9/h3-5H,1-2H3. The Kier molecular flexibility index (Phi) is 2.25. The third-order valence-corrected chi connectivity index (χ3v) is 2.31. The van der Waals surface area contributed by atoms with Crippen molar-refractivity contribution in [3.63, 3.8) is 0 Å². The molecule has 0 saturated heterocycles. The monoisotopic (exact) mass is 208 g/mol. The fourth-order valence-corrected chi connectivity index (χ4v) is 1.31. The molecule has 3 nitrogen and oxygen atoms in total. The van der Waals surface area contributed by atoms with Crippen molar-refractivity contribution in [2.75, 3.05) is 0 Å². The van der Waals surface area contributed by atoms with Gasteiger partial charge < -0.3 is 4.52 Å². The van der Waals surface area contributed by atoms with Crippen LogP contribution < -0.4 is 0 Å². The summed E-state index contributed by atoms with van der Waals surface area (Å²) in [6.45, 7) is 4.09. The van der Waals surface area contributed by atoms with Crippen molar-refractivity contribution in [2.45, 2.75) is 13.8 Å². The molecule has 0 aliphatic heterocycles. The van der Waals surface area contributed by atoms with Crippen molar-refractivity contribution in [1.82, 2.24) is 10.1 Å². The molecule has 0 bridgehead atoms. The largest absolute Gasteiger partial charge is 0.333 e. The highest BCUT2D eigenvalue weighted by Crippen LogP contribution is 2.21. The van der Waals surface area contributed by atoms with Crippen LogP contribution in [0.1, 0.15) is 11.1 Å². The number of rotatable bonds is 1. The topological polar surface area (TPSA) is 38.9 Å². The first-order valence-electron chi connectivity index (χ1n) is 4.23. The Labute approximate surface area is 86.7 Å². The maximum Gasteiger partial charge on any atom is 0.264 e. The zero-order valence-corrected chi connectivity index (χ0v) is 8.67. The summed E-state index contributed by atoms with van der Waals surface area (Å²) >= 11 is 5.57. The summed E-state index contributed by atoms with van der Waals surface area (Å²) in [4.78, 5) is 3.94. The van der Waals surface area contributed by atoms with Gasteiger partial charge in [0.25, 0.3) is 11.2 Å². The maximum absolute atomic E-state index is 5.57. The molecule has 1 aromatic carbocycles. The summed E-state index contributed by atoms with van der Waals surface area (Å²) in [5.41, 5.74) is 3.32. The third kappa shape index (κ3) is 1.63. The van der Waals surface area contributed by atoms with Crippen LogP contribution in [0.4, 0.5) is 0 Å². The molecule has 0 fully saturated rings. The van der Waals surface area contributed by atoms with Crippen LogP contribution in [0.3, 0.4) is 0 Å². The average molecular weight is 209 g/mol. The van der Waals surface area contributed by atoms with Gasteiger partial charge in [-0.05, 0) is 53.9 Å². The summed E-state index contributed by atoms with van der Waals surface area (Å²) in [6.07, 6.45) is 0. The highest BCUT2D eigenvalue weighted by Gasteiger charge is 2.07. The molecule has 0 atom stereocenters. The number of aryl methyl sites for hydroxylation is 2. The van der Waals surface area contributed by atoms with E-state index in [9.17, 15) is 0 Å². The molecule has 0 unspecified atom stereocenters. The van der Waals surface area contributed by atoms with Crippen molar-refractivity contribution in [3.8, 4) is 11.5 Å². The Bertz CT molecular complexity index is 465. The van der Waals surface area contributed by atoms with Gasteiger partial charge in [0, 0.05) is 5.56 Å². The van der Waals surface area contributed by atoms with Crippen molar-refractivity contribution in [3.05, 3.63) is 34.6 Å². The first-order chi connectivity index (χ1) is 6.66. The van der Waals surface area contributed by atoms with E-state index < -0.39 is 0 Å². The smallest absolute Gasteiger partial charge is 0.264 e. The molecule has 1 heterocycles. The fourth-order valence-electron chi connectivity index (χ4n) is 1.20. The van der Waals surface area contributed by atoms with Crippen LogP contribution in [0, 0.1) is 13.8 Å². The summed E-state index contributed by atoms with van der Waals surface area (Å²) in [5, 5.41) is 3.66. The summed E-state index contributed by atoms with van der Waals surface area (Å²) in [5.74, 6) is 0.457. The number of hydrogen-bond donors (Lipinski definition) is 0. The van der Waals surface area contributed by atoms with E-state index in [1.807, 2.05) is 25.1 Å². The molecule has 4 heteroatoms. The van der Waals surface area contributed by atoms with Crippen molar-refractivity contribution >= 4 is 11.6 Å². The Morgan fingerprint density at radius 1 is 1.21 bits per heavy atom. The van der Waals surface area contributed by atoms with E-state index in [1.54, 1.807) is 0 Å². The van der Waals surface area contributed by atoms with E-state index >= 15 is 0 Å². The molecule has 0 saturated carbocycles. The molecule has 1 aromatic heterocycles. The van der Waals surface area contributed by atoms with Gasteiger partial charge in [-0.3, -0.25) is 0 Å². The van der Waals surface area contributed by atoms with Gasteiger partial charge in [-0.1, -0.05) is 6.07 Å². The molecule has 0 aliphatic rings. The van der Waals surface area contributed by atoms with Crippen LogP contribution in [0.5, 0.6) is 0 Å². The van der Waals surface area contributed by atoms with E-state index in [0.29, 0.717) is 5.89 Å². The van der Waals surface area contributed by atoms with Gasteiger partial charge in [-0.2, -0.15) is 4.98 Å². The lowest BCUT2D eigenvalue weighted by Gasteiger charge is -2.00. The molecule has 2 rings (SSSR count). The normalized spacial score (nSPS) is 10.5. The number of aromatic nitrogens is 2. The predicted molar refractivity (Wildman–Crippen MR) is 54.2 cm³/mol. The molecular weight excluding hydrogens is 200 g/mol. The minimum atomic E-state index is 0.137. The van der Waals surface area contributed by atoms with E-state index in [2.05, 4.69) is 17.1 Å². The van der Waals surface area contributed by atoms with Crippen LogP contribution >= 0.6 is 11.6 Å². The Morgan fingerprint density at radius 3 is 2.57 bits per heavy atom. The van der Waals surface area contributed by atoms with Gasteiger partial charge >= 0.3 is 0 Å². The molecule has 0 N–H and O–H groups in total. The minimum Gasteiger partial charge on any atom is -0.333 e. The summed E-state index contributed by atoms with van der Waals surface area (Å²) in [6, 6.07) is 5.95. The van der Waals surface area contributed by atoms with Crippen molar-refractivity contribution in [2.24, 2.45) is 0 Å². The van der Waals surface area contributed by atoms with Gasteiger partial charge in [0.15, 0.2) is 0 Å². The zero-order valence-electron chi connectivity index (χ0n) is 7.91. The highest BCUT2D eigenvalue weighted by atomic mass is 35.5. The van der Waals surface area contributed by atoms with Crippen LogP contribution in [-0.2, 0) is 0 Å². The van der Waals surface area contributed by atoms with Gasteiger partial charge in [0.2, 0.25) is 0 Å². The fraction of sp³-hybridized carbons (Fsp3) is 0.200. The Hall–Kier alpha value is -1.35. The lowest BCUT2D eigenvalue weighted by molar-refractivity contribution is 0.430. The second-order valence-corrected chi connectivity index (χ2v) is 3.51. The Morgan fingerprint density at radius 2 is 2.00 bits per heavy atom. The van der Waals surface area contributed by atoms with E-state index in [1.165, 1.54) is 11.1 Å². The molecular formula is C10H9ClN2O. The van der Waals surface area contributed by atoms with Gasteiger partial charge in [0.1, 0.15) is 0 Å². The van der Waals surface area contributed by atoms with Gasteiger partial charge in [-0.15, -0.1) is 0 Å². The van der Waals surface area contributed by atoms with Crippen LogP contribution in [0.2, 0.25) is 5.28 Å². The summed E-state index contributed by atoms with van der Waals surface area (Å²) in [7, 11) is 0. The lowest BCUT2D eigenvalue weighted by Crippen LogP contribution is -1.83. The molecule has 2 aromatic rings.